The standard InChI is InChI=1S/C24H23N3O2S/c1-16(18-10-6-4-7-11-18)26(3)20(28)14-27-15-25-23-22(24(27)29)21(17(2)30-23)19-12-8-5-9-13-19/h4-13,15-16H,14H2,1-3H3. The number of likely N-dealkylation sites (N-methyl/N-ethyl adjacent to an activating group) is 1. The molecule has 0 bridgehead atoms. The van der Waals surface area contributed by atoms with Gasteiger partial charge in [-0.05, 0) is 25.0 Å². The highest BCUT2D eigenvalue weighted by atomic mass is 32.1. The fraction of sp³-hybridized carbons (Fsp3) is 0.208. The molecule has 2 aromatic carbocycles. The number of carbonyl (C=O) groups excluding carboxylic acids is 1. The molecule has 0 saturated heterocycles. The predicted molar refractivity (Wildman–Crippen MR) is 122 cm³/mol. The molecule has 4 rings (SSSR count). The summed E-state index contributed by atoms with van der Waals surface area (Å²) in [6.45, 7) is 3.94. The third-order valence-electron chi connectivity index (χ3n) is 5.48. The second-order valence-electron chi connectivity index (χ2n) is 7.35. The third-order valence-corrected chi connectivity index (χ3v) is 6.49. The molecule has 0 aliphatic carbocycles. The van der Waals surface area contributed by atoms with Gasteiger partial charge in [0, 0.05) is 17.5 Å². The van der Waals surface area contributed by atoms with Crippen molar-refractivity contribution in [3.8, 4) is 11.1 Å². The Morgan fingerprint density at radius 1 is 1.10 bits per heavy atom. The van der Waals surface area contributed by atoms with Gasteiger partial charge in [0.25, 0.3) is 5.56 Å². The molecule has 4 aromatic rings. The molecule has 2 aromatic heterocycles. The van der Waals surface area contributed by atoms with Crippen LogP contribution in [0.4, 0.5) is 0 Å². The zero-order chi connectivity index (χ0) is 21.3. The zero-order valence-corrected chi connectivity index (χ0v) is 18.0. The van der Waals surface area contributed by atoms with E-state index in [-0.39, 0.29) is 24.1 Å². The smallest absolute Gasteiger partial charge is 0.263 e. The normalized spacial score (nSPS) is 12.1. The van der Waals surface area contributed by atoms with Crippen molar-refractivity contribution in [2.45, 2.75) is 26.4 Å². The quantitative estimate of drug-likeness (QED) is 0.475. The largest absolute Gasteiger partial charge is 0.337 e. The Balaban J connectivity index is 1.68. The number of amides is 1. The van der Waals surface area contributed by atoms with Crippen molar-refractivity contribution in [3.63, 3.8) is 0 Å². The number of aromatic nitrogens is 2. The predicted octanol–water partition coefficient (Wildman–Crippen LogP) is 4.65. The van der Waals surface area contributed by atoms with E-state index in [0.29, 0.717) is 10.2 Å². The Hall–Kier alpha value is -3.25. The molecule has 0 spiro atoms. The number of aryl methyl sites for hydroxylation is 1. The maximum atomic E-state index is 13.3. The van der Waals surface area contributed by atoms with Gasteiger partial charge >= 0.3 is 0 Å². The molecule has 1 atom stereocenters. The zero-order valence-electron chi connectivity index (χ0n) is 17.2. The van der Waals surface area contributed by atoms with Crippen LogP contribution < -0.4 is 5.56 Å². The van der Waals surface area contributed by atoms with Crippen LogP contribution in [0, 0.1) is 6.92 Å². The molecule has 5 nitrogen and oxygen atoms in total. The average molecular weight is 418 g/mol. The number of benzene rings is 2. The highest BCUT2D eigenvalue weighted by Gasteiger charge is 2.21. The van der Waals surface area contributed by atoms with E-state index in [0.717, 1.165) is 21.6 Å². The summed E-state index contributed by atoms with van der Waals surface area (Å²) in [5.74, 6) is -0.136. The number of thiophene rings is 1. The van der Waals surface area contributed by atoms with Crippen molar-refractivity contribution >= 4 is 27.5 Å². The number of hydrogen-bond acceptors (Lipinski definition) is 4. The summed E-state index contributed by atoms with van der Waals surface area (Å²) in [5.41, 5.74) is 2.76. The SMILES string of the molecule is Cc1sc2ncn(CC(=O)N(C)C(C)c3ccccc3)c(=O)c2c1-c1ccccc1. The second-order valence-corrected chi connectivity index (χ2v) is 8.55. The van der Waals surface area contributed by atoms with E-state index < -0.39 is 0 Å². The first kappa shape index (κ1) is 20.0. The molecule has 152 valence electrons. The minimum Gasteiger partial charge on any atom is -0.337 e. The topological polar surface area (TPSA) is 55.2 Å². The molecule has 0 fully saturated rings. The van der Waals surface area contributed by atoms with Gasteiger partial charge in [0.05, 0.1) is 17.8 Å². The lowest BCUT2D eigenvalue weighted by atomic mass is 10.0. The van der Waals surface area contributed by atoms with Gasteiger partial charge in [0.1, 0.15) is 11.4 Å². The summed E-state index contributed by atoms with van der Waals surface area (Å²) >= 11 is 1.50. The van der Waals surface area contributed by atoms with Crippen LogP contribution >= 0.6 is 11.3 Å². The van der Waals surface area contributed by atoms with Crippen LogP contribution in [0.2, 0.25) is 0 Å². The molecule has 0 aliphatic heterocycles. The van der Waals surface area contributed by atoms with Crippen LogP contribution in [0.15, 0.2) is 71.8 Å². The highest BCUT2D eigenvalue weighted by molar-refractivity contribution is 7.19. The lowest BCUT2D eigenvalue weighted by Gasteiger charge is -2.25. The lowest BCUT2D eigenvalue weighted by molar-refractivity contribution is -0.132. The van der Waals surface area contributed by atoms with Crippen molar-refractivity contribution in [1.29, 1.82) is 0 Å². The Kier molecular flexibility index (Phi) is 5.50. The molecule has 0 N–H and O–H groups in total. The van der Waals surface area contributed by atoms with Gasteiger partial charge in [0.2, 0.25) is 5.91 Å². The molecule has 6 heteroatoms. The first-order valence-corrected chi connectivity index (χ1v) is 10.6. The first-order chi connectivity index (χ1) is 14.5. The van der Waals surface area contributed by atoms with Crippen LogP contribution in [0.25, 0.3) is 21.3 Å². The molecule has 1 unspecified atom stereocenters. The van der Waals surface area contributed by atoms with Gasteiger partial charge < -0.3 is 4.90 Å². The summed E-state index contributed by atoms with van der Waals surface area (Å²) in [7, 11) is 1.77. The van der Waals surface area contributed by atoms with Gasteiger partial charge in [-0.1, -0.05) is 60.7 Å². The van der Waals surface area contributed by atoms with E-state index in [1.165, 1.54) is 22.2 Å². The Labute approximate surface area is 179 Å². The highest BCUT2D eigenvalue weighted by Crippen LogP contribution is 2.35. The molecule has 2 heterocycles. The van der Waals surface area contributed by atoms with Crippen LogP contribution in [-0.2, 0) is 11.3 Å². The number of rotatable bonds is 5. The molecule has 0 radical (unpaired) electrons. The monoisotopic (exact) mass is 417 g/mol. The molecule has 1 amide bonds. The van der Waals surface area contributed by atoms with E-state index in [4.69, 9.17) is 0 Å². The summed E-state index contributed by atoms with van der Waals surface area (Å²) in [6, 6.07) is 19.6. The van der Waals surface area contributed by atoms with Crippen LogP contribution in [0.5, 0.6) is 0 Å². The van der Waals surface area contributed by atoms with E-state index in [1.54, 1.807) is 11.9 Å². The first-order valence-electron chi connectivity index (χ1n) is 9.82. The molecular formula is C24H23N3O2S. The fourth-order valence-corrected chi connectivity index (χ4v) is 4.63. The van der Waals surface area contributed by atoms with Gasteiger partial charge in [-0.25, -0.2) is 4.98 Å². The number of fused-ring (bicyclic) bond motifs is 1. The van der Waals surface area contributed by atoms with Crippen molar-refractivity contribution in [1.82, 2.24) is 14.5 Å². The average Bonchev–Trinajstić information content (AvgIpc) is 3.12. The Bertz CT molecular complexity index is 1250. The third kappa shape index (κ3) is 3.66. The van der Waals surface area contributed by atoms with Crippen molar-refractivity contribution < 1.29 is 4.79 Å². The number of hydrogen-bond donors (Lipinski definition) is 0. The van der Waals surface area contributed by atoms with Gasteiger partial charge in [0.15, 0.2) is 0 Å². The second kappa shape index (κ2) is 8.24. The van der Waals surface area contributed by atoms with E-state index in [2.05, 4.69) is 4.98 Å². The van der Waals surface area contributed by atoms with Crippen molar-refractivity contribution in [3.05, 3.63) is 87.8 Å². The number of nitrogens with zero attached hydrogens (tertiary/aromatic N) is 3. The summed E-state index contributed by atoms with van der Waals surface area (Å²) in [5, 5.41) is 0.581. The van der Waals surface area contributed by atoms with Crippen LogP contribution in [0.3, 0.4) is 0 Å². The summed E-state index contributed by atoms with van der Waals surface area (Å²) < 4.78 is 1.41. The maximum absolute atomic E-state index is 13.3. The molecular weight excluding hydrogens is 394 g/mol. The summed E-state index contributed by atoms with van der Waals surface area (Å²) in [6.07, 6.45) is 1.48. The van der Waals surface area contributed by atoms with E-state index >= 15 is 0 Å². The van der Waals surface area contributed by atoms with Gasteiger partial charge in [-0.3, -0.25) is 14.2 Å². The molecule has 0 aliphatic rings. The van der Waals surface area contributed by atoms with Crippen LogP contribution in [0.1, 0.15) is 23.4 Å². The Morgan fingerprint density at radius 3 is 2.40 bits per heavy atom. The van der Waals surface area contributed by atoms with Crippen molar-refractivity contribution in [2.75, 3.05) is 7.05 Å². The minimum absolute atomic E-state index is 0.0431. The lowest BCUT2D eigenvalue weighted by Crippen LogP contribution is -2.35. The van der Waals surface area contributed by atoms with Crippen molar-refractivity contribution in [2.24, 2.45) is 0 Å². The summed E-state index contributed by atoms with van der Waals surface area (Å²) in [4.78, 5) is 34.1. The fourth-order valence-electron chi connectivity index (χ4n) is 3.63. The number of carbonyl (C=O) groups is 1. The van der Waals surface area contributed by atoms with Gasteiger partial charge in [-0.15, -0.1) is 11.3 Å². The van der Waals surface area contributed by atoms with E-state index in [1.807, 2.05) is 74.5 Å². The Morgan fingerprint density at radius 2 is 1.73 bits per heavy atom. The molecule has 30 heavy (non-hydrogen) atoms. The van der Waals surface area contributed by atoms with E-state index in [9.17, 15) is 9.59 Å². The molecule has 0 saturated carbocycles. The maximum Gasteiger partial charge on any atom is 0.263 e. The van der Waals surface area contributed by atoms with Gasteiger partial charge in [-0.2, -0.15) is 0 Å². The minimum atomic E-state index is -0.183. The van der Waals surface area contributed by atoms with Crippen LogP contribution in [-0.4, -0.2) is 27.4 Å².